The number of nitrogens with zero attached hydrogens (tertiary/aromatic N) is 2. The van der Waals surface area contributed by atoms with Crippen LogP contribution in [0.3, 0.4) is 0 Å². The normalized spacial score (nSPS) is 29.7. The highest BCUT2D eigenvalue weighted by molar-refractivity contribution is 4.99. The van der Waals surface area contributed by atoms with Crippen LogP contribution >= 0.6 is 0 Å². The molecule has 1 N–H and O–H groups in total. The van der Waals surface area contributed by atoms with Gasteiger partial charge in [0.1, 0.15) is 0 Å². The van der Waals surface area contributed by atoms with Crippen LogP contribution < -0.4 is 5.32 Å². The lowest BCUT2D eigenvalue weighted by Gasteiger charge is -2.51. The Balaban J connectivity index is 1.75. The van der Waals surface area contributed by atoms with Crippen molar-refractivity contribution < 1.29 is 0 Å². The molecule has 2 fully saturated rings. The SMILES string of the molecule is CCCNC1CCC(N(C)CC2(N(C)C)CCC2)CC1. The van der Waals surface area contributed by atoms with Gasteiger partial charge in [0.15, 0.2) is 0 Å². The van der Waals surface area contributed by atoms with Crippen LogP contribution in [-0.4, -0.2) is 61.7 Å². The van der Waals surface area contributed by atoms with Gasteiger partial charge in [0, 0.05) is 24.2 Å². The van der Waals surface area contributed by atoms with Gasteiger partial charge in [-0.15, -0.1) is 0 Å². The van der Waals surface area contributed by atoms with Crippen molar-refractivity contribution in [3.05, 3.63) is 0 Å². The maximum atomic E-state index is 3.69. The summed E-state index contributed by atoms with van der Waals surface area (Å²) in [6.07, 6.45) is 10.9. The van der Waals surface area contributed by atoms with Gasteiger partial charge in [-0.05, 0) is 79.1 Å². The number of rotatable bonds is 7. The van der Waals surface area contributed by atoms with Crippen molar-refractivity contribution in [2.24, 2.45) is 0 Å². The Morgan fingerprint density at radius 3 is 2.15 bits per heavy atom. The zero-order valence-corrected chi connectivity index (χ0v) is 14.1. The smallest absolute Gasteiger partial charge is 0.0330 e. The Kier molecular flexibility index (Phi) is 5.88. The van der Waals surface area contributed by atoms with Crippen LogP contribution in [0.1, 0.15) is 58.3 Å². The lowest BCUT2D eigenvalue weighted by atomic mass is 9.75. The minimum atomic E-state index is 0.478. The minimum Gasteiger partial charge on any atom is -0.314 e. The van der Waals surface area contributed by atoms with Gasteiger partial charge in [0.05, 0.1) is 0 Å². The van der Waals surface area contributed by atoms with E-state index in [1.54, 1.807) is 0 Å². The molecule has 3 heteroatoms. The zero-order chi connectivity index (χ0) is 14.6. The molecule has 20 heavy (non-hydrogen) atoms. The van der Waals surface area contributed by atoms with Crippen molar-refractivity contribution in [1.29, 1.82) is 0 Å². The first-order valence-electron chi connectivity index (χ1n) is 8.68. The number of hydrogen-bond acceptors (Lipinski definition) is 3. The first kappa shape index (κ1) is 16.3. The molecule has 0 aromatic heterocycles. The molecule has 0 bridgehead atoms. The summed E-state index contributed by atoms with van der Waals surface area (Å²) in [5.41, 5.74) is 0.478. The molecular formula is C17H35N3. The highest BCUT2D eigenvalue weighted by Crippen LogP contribution is 2.37. The van der Waals surface area contributed by atoms with Gasteiger partial charge in [-0.1, -0.05) is 6.92 Å². The standard InChI is InChI=1S/C17H35N3/c1-5-13-18-15-7-9-16(10-8-15)20(4)14-17(19(2)3)11-6-12-17/h15-16,18H,5-14H2,1-4H3. The Morgan fingerprint density at radius 2 is 1.70 bits per heavy atom. The van der Waals surface area contributed by atoms with E-state index in [-0.39, 0.29) is 0 Å². The van der Waals surface area contributed by atoms with Crippen LogP contribution in [0.25, 0.3) is 0 Å². The van der Waals surface area contributed by atoms with Crippen LogP contribution in [0, 0.1) is 0 Å². The van der Waals surface area contributed by atoms with Crippen molar-refractivity contribution >= 4 is 0 Å². The van der Waals surface area contributed by atoms with Crippen LogP contribution in [0.5, 0.6) is 0 Å². The Morgan fingerprint density at radius 1 is 1.05 bits per heavy atom. The molecule has 0 atom stereocenters. The lowest BCUT2D eigenvalue weighted by molar-refractivity contribution is 0.00989. The van der Waals surface area contributed by atoms with Gasteiger partial charge < -0.3 is 15.1 Å². The van der Waals surface area contributed by atoms with E-state index in [1.807, 2.05) is 0 Å². The van der Waals surface area contributed by atoms with E-state index in [4.69, 9.17) is 0 Å². The van der Waals surface area contributed by atoms with Gasteiger partial charge in [-0.2, -0.15) is 0 Å². The van der Waals surface area contributed by atoms with Crippen LogP contribution in [0.2, 0.25) is 0 Å². The molecule has 0 saturated heterocycles. The van der Waals surface area contributed by atoms with E-state index in [2.05, 4.69) is 43.2 Å². The summed E-state index contributed by atoms with van der Waals surface area (Å²) in [4.78, 5) is 5.14. The molecule has 0 aliphatic heterocycles. The van der Waals surface area contributed by atoms with Gasteiger partial charge in [0.25, 0.3) is 0 Å². The lowest BCUT2D eigenvalue weighted by Crippen LogP contribution is -2.58. The fourth-order valence-corrected chi connectivity index (χ4v) is 3.99. The summed E-state index contributed by atoms with van der Waals surface area (Å²) in [5.74, 6) is 0. The van der Waals surface area contributed by atoms with E-state index in [0.717, 1.165) is 12.1 Å². The molecule has 2 saturated carbocycles. The van der Waals surface area contributed by atoms with Crippen molar-refractivity contribution in [3.8, 4) is 0 Å². The maximum Gasteiger partial charge on any atom is 0.0330 e. The highest BCUT2D eigenvalue weighted by atomic mass is 15.2. The molecule has 0 radical (unpaired) electrons. The average Bonchev–Trinajstić information content (AvgIpc) is 2.40. The number of nitrogens with one attached hydrogen (secondary N) is 1. The molecule has 3 nitrogen and oxygen atoms in total. The van der Waals surface area contributed by atoms with E-state index in [0.29, 0.717) is 5.54 Å². The second-order valence-electron chi connectivity index (χ2n) is 7.35. The van der Waals surface area contributed by atoms with E-state index < -0.39 is 0 Å². The first-order valence-corrected chi connectivity index (χ1v) is 8.68. The van der Waals surface area contributed by atoms with Crippen molar-refractivity contribution in [1.82, 2.24) is 15.1 Å². The predicted molar refractivity (Wildman–Crippen MR) is 87.2 cm³/mol. The monoisotopic (exact) mass is 281 g/mol. The Hall–Kier alpha value is -0.120. The Labute approximate surface area is 126 Å². The number of hydrogen-bond donors (Lipinski definition) is 1. The van der Waals surface area contributed by atoms with E-state index in [9.17, 15) is 0 Å². The topological polar surface area (TPSA) is 18.5 Å². The zero-order valence-electron chi connectivity index (χ0n) is 14.1. The fourth-order valence-electron chi connectivity index (χ4n) is 3.99. The highest BCUT2D eigenvalue weighted by Gasteiger charge is 2.41. The molecule has 118 valence electrons. The average molecular weight is 281 g/mol. The third kappa shape index (κ3) is 3.75. The molecule has 0 heterocycles. The third-order valence-electron chi connectivity index (χ3n) is 5.78. The minimum absolute atomic E-state index is 0.478. The summed E-state index contributed by atoms with van der Waals surface area (Å²) < 4.78 is 0. The first-order chi connectivity index (χ1) is 9.57. The molecule has 0 aromatic carbocycles. The number of likely N-dealkylation sites (N-methyl/N-ethyl adjacent to an activating group) is 2. The molecule has 2 aliphatic rings. The summed E-state index contributed by atoms with van der Waals surface area (Å²) in [6, 6.07) is 1.60. The van der Waals surface area contributed by atoms with Gasteiger partial charge in [-0.25, -0.2) is 0 Å². The van der Waals surface area contributed by atoms with Crippen LogP contribution in [0.15, 0.2) is 0 Å². The Bertz CT molecular complexity index is 278. The third-order valence-corrected chi connectivity index (χ3v) is 5.78. The van der Waals surface area contributed by atoms with Crippen molar-refractivity contribution in [3.63, 3.8) is 0 Å². The summed E-state index contributed by atoms with van der Waals surface area (Å²) in [7, 11) is 6.88. The summed E-state index contributed by atoms with van der Waals surface area (Å²) >= 11 is 0. The van der Waals surface area contributed by atoms with Gasteiger partial charge in [-0.3, -0.25) is 0 Å². The molecule has 2 aliphatic carbocycles. The van der Waals surface area contributed by atoms with Gasteiger partial charge >= 0.3 is 0 Å². The van der Waals surface area contributed by atoms with Gasteiger partial charge in [0.2, 0.25) is 0 Å². The molecule has 2 rings (SSSR count). The largest absolute Gasteiger partial charge is 0.314 e. The quantitative estimate of drug-likeness (QED) is 0.774. The summed E-state index contributed by atoms with van der Waals surface area (Å²) in [6.45, 7) is 4.71. The maximum absolute atomic E-state index is 3.69. The predicted octanol–water partition coefficient (Wildman–Crippen LogP) is 2.71. The van der Waals surface area contributed by atoms with E-state index in [1.165, 1.54) is 64.5 Å². The molecular weight excluding hydrogens is 246 g/mol. The molecule has 0 amide bonds. The second kappa shape index (κ2) is 7.24. The second-order valence-corrected chi connectivity index (χ2v) is 7.35. The molecule has 0 aromatic rings. The fraction of sp³-hybridized carbons (Fsp3) is 1.00. The van der Waals surface area contributed by atoms with Crippen molar-refractivity contribution in [2.45, 2.75) is 75.9 Å². The van der Waals surface area contributed by atoms with Crippen molar-refractivity contribution in [2.75, 3.05) is 34.2 Å². The van der Waals surface area contributed by atoms with E-state index >= 15 is 0 Å². The van der Waals surface area contributed by atoms with Crippen LogP contribution in [0.4, 0.5) is 0 Å². The summed E-state index contributed by atoms with van der Waals surface area (Å²) in [5, 5.41) is 3.69. The molecule has 0 spiro atoms. The molecule has 0 unspecified atom stereocenters. The van der Waals surface area contributed by atoms with Crippen LogP contribution in [-0.2, 0) is 0 Å².